The highest BCUT2D eigenvalue weighted by molar-refractivity contribution is 8.00. The highest BCUT2D eigenvalue weighted by Gasteiger charge is 2.44. The average Bonchev–Trinajstić information content (AvgIpc) is 1.67. The number of thioether (sulfide) groups is 3. The molecule has 39 nitrogen and oxygen atoms in total. The van der Waals surface area contributed by atoms with Crippen molar-refractivity contribution in [3.8, 4) is 0 Å². The topological polar surface area (TPSA) is 572 Å². The van der Waals surface area contributed by atoms with Gasteiger partial charge >= 0.3 is 5.97 Å². The number of ketones is 2. The molecule has 2 fully saturated rings. The molecule has 1 saturated heterocycles. The Labute approximate surface area is 823 Å². The number of carboxylic acids is 1. The molecule has 4 aliphatic heterocycles. The molecule has 5 aliphatic rings. The first-order valence-electron chi connectivity index (χ1n) is 47.0. The standard InChI is InChI=1S/C98H126N20O19S3/c1-52(2)86-97(136)109-74(36-85(126)127)92(131)106-39-81(122)107-72(32-62-37-104-70-18-11-9-16-68(62)70)93(132)113-87(53(3)4)98(137)118-22-14-20-77(118)96(135)110-75(89(100)128)47-139-50-83(124)116-42-57-23-55(26-65(28-57)101-6)40-115-41-56-24-59(30-66(27-56)102-7)44-117(45-60-25-58(43-116)29-67(31-60)103-8)84(125)51-140-48-76(95(134)108-73(94(133)112-86)33-63-38-105-71-19-12-10-17-69(63)71)111-90(129)61-15-13-21-78(119)88(80(121)34-61)114-91(130)64(35-79(120)54(5)99)46-138-49-82(115)123/h9-12,16-19,23-31,37-38,52-54,61,64,72-78,86-88,101-105,119H,13-15,20-22,32-36,39-51,99H2,1-8H3,(H2,100,128)(H,106,131)(H,107,122)(H,108,134)(H,109,136)(H,110,135)(H,111,129)(H,112,133)(H,113,132)(H,114,130)(H,126,127)/t54-,61+,64-,72-,73-,74-,75-,76-,77-,78+,86-,87-,88-/m0/s1. The summed E-state index contributed by atoms with van der Waals surface area (Å²) >= 11 is 2.96. The fourth-order valence-corrected chi connectivity index (χ4v) is 21.0. The van der Waals surface area contributed by atoms with E-state index in [1.165, 1.54) is 25.7 Å². The summed E-state index contributed by atoms with van der Waals surface area (Å²) in [5.74, 6) is -20.4. The maximum Gasteiger partial charge on any atom is 0.305 e. The number of primary amides is 1. The van der Waals surface area contributed by atoms with Crippen LogP contribution in [0, 0.1) is 23.7 Å². The minimum Gasteiger partial charge on any atom is -0.481 e. The maximum absolute atomic E-state index is 15.9. The van der Waals surface area contributed by atoms with E-state index < -0.39 is 228 Å². The Hall–Kier alpha value is -13.1. The number of para-hydroxylation sites is 2. The van der Waals surface area contributed by atoms with Crippen LogP contribution in [0.25, 0.3) is 21.8 Å². The van der Waals surface area contributed by atoms with Gasteiger partial charge in [0.05, 0.1) is 48.3 Å². The third kappa shape index (κ3) is 28.4. The van der Waals surface area contributed by atoms with E-state index in [0.717, 1.165) is 35.3 Å². The van der Waals surface area contributed by atoms with Crippen LogP contribution >= 0.6 is 35.3 Å². The molecule has 20 N–H and O–H groups in total. The summed E-state index contributed by atoms with van der Waals surface area (Å²) in [5.41, 5.74) is 19.9. The van der Waals surface area contributed by atoms with E-state index in [1.54, 1.807) is 111 Å². The van der Waals surface area contributed by atoms with Crippen LogP contribution in [0.2, 0.25) is 0 Å². The number of nitrogens with one attached hydrogen (secondary N) is 14. The van der Waals surface area contributed by atoms with Crippen molar-refractivity contribution in [2.75, 3.05) is 84.7 Å². The van der Waals surface area contributed by atoms with Gasteiger partial charge in [0.15, 0.2) is 5.78 Å². The average molecular weight is 1980 g/mol. The van der Waals surface area contributed by atoms with Gasteiger partial charge in [-0.1, -0.05) is 82.3 Å². The number of aliphatic hydroxyl groups excluding tert-OH is 1. The monoisotopic (exact) mass is 1980 g/mol. The van der Waals surface area contributed by atoms with Crippen LogP contribution in [0.5, 0.6) is 0 Å². The molecule has 0 radical (unpaired) electrons. The number of nitrogens with two attached hydrogens (primary N) is 2. The van der Waals surface area contributed by atoms with E-state index in [1.807, 2.05) is 54.6 Å². The number of Topliss-reactive ketones (excluding diaryl/α,β-unsaturated/α-hetero) is 2. The van der Waals surface area contributed by atoms with Crippen LogP contribution in [0.1, 0.15) is 130 Å². The van der Waals surface area contributed by atoms with Crippen molar-refractivity contribution in [3.05, 3.63) is 160 Å². The highest BCUT2D eigenvalue weighted by atomic mass is 32.2. The predicted octanol–water partition coefficient (Wildman–Crippen LogP) is 2.69. The number of nitrogens with zero attached hydrogens (tertiary/aromatic N) is 4. The quantitative estimate of drug-likeness (QED) is 0.0701. The summed E-state index contributed by atoms with van der Waals surface area (Å²) in [6, 6.07) is 15.7. The third-order valence-corrected chi connectivity index (χ3v) is 28.8. The lowest BCUT2D eigenvalue weighted by Gasteiger charge is -2.32. The number of benzene rings is 5. The number of hydrogen-bond donors (Lipinski definition) is 18. The Kier molecular flexibility index (Phi) is 37.2. The lowest BCUT2D eigenvalue weighted by Crippen LogP contribution is -2.61. The van der Waals surface area contributed by atoms with Gasteiger partial charge in [-0.3, -0.25) is 81.5 Å². The molecule has 2 aromatic heterocycles. The SMILES string of the molecule is CNc1cc2cc(c1)CN1Cc3cc(cc(NC)c3)CN3Cc4cc(cc(NC)c4)CN(C2)C(=O)CSC[C@H](CC(=O)[C@H](C)N)C(=O)N[C@@H]2C(=O)C[C@@H](CCC[C@H]2O)C(=O)N[C@@H](CSCC3=O)C(=O)N[C@@H](Cc2c[nH]c3ccccc23)C(=O)N[C@@H](C(C)C)C(=O)N[C@@H](CC(=O)O)C(=O)NCC(=O)N[C@@H](Cc2c[nH]c3ccccc23)C(=O)N[C@@H](C(C)C)C(=O)N2CCC[C@H]2C(=O)N[C@H](C(N)=O)CSCC1=O. The molecule has 14 amide bonds. The first-order chi connectivity index (χ1) is 66.9. The summed E-state index contributed by atoms with van der Waals surface area (Å²) in [7, 11) is 5.13. The van der Waals surface area contributed by atoms with Crippen molar-refractivity contribution in [1.82, 2.24) is 77.4 Å². The fraction of sp³-hybridized carbons (Fsp3) is 0.480. The molecule has 5 aromatic carbocycles. The number of H-pyrrole nitrogens is 2. The minimum atomic E-state index is -1.95. The second kappa shape index (κ2) is 49.2. The van der Waals surface area contributed by atoms with Crippen LogP contribution < -0.4 is 75.3 Å². The molecule has 0 spiro atoms. The van der Waals surface area contributed by atoms with Crippen LogP contribution in [-0.2, 0) is 134 Å². The highest BCUT2D eigenvalue weighted by Crippen LogP contribution is 2.32. The summed E-state index contributed by atoms with van der Waals surface area (Å²) in [6.45, 7) is 6.49. The van der Waals surface area contributed by atoms with Gasteiger partial charge in [0.25, 0.3) is 0 Å². The molecule has 12 rings (SSSR count). The van der Waals surface area contributed by atoms with E-state index >= 15 is 38.4 Å². The molecular weight excluding hydrogens is 1860 g/mol. The van der Waals surface area contributed by atoms with Crippen LogP contribution in [-0.4, -0.2) is 275 Å². The van der Waals surface area contributed by atoms with Crippen molar-refractivity contribution in [3.63, 3.8) is 0 Å². The number of aromatic nitrogens is 2. The molecule has 12 bridgehead atoms. The smallest absolute Gasteiger partial charge is 0.305 e. The number of carbonyl (C=O) groups excluding carboxylic acids is 16. The number of anilines is 3. The molecule has 6 heterocycles. The molecule has 750 valence electrons. The van der Waals surface area contributed by atoms with Crippen molar-refractivity contribution in [1.29, 1.82) is 0 Å². The molecule has 7 aromatic rings. The Morgan fingerprint density at radius 2 is 0.957 bits per heavy atom. The second-order valence-electron chi connectivity index (χ2n) is 37.0. The molecule has 140 heavy (non-hydrogen) atoms. The largest absolute Gasteiger partial charge is 0.481 e. The van der Waals surface area contributed by atoms with Gasteiger partial charge in [-0.15, -0.1) is 23.5 Å². The summed E-state index contributed by atoms with van der Waals surface area (Å²) in [6.07, 6.45) is -0.518. The van der Waals surface area contributed by atoms with Crippen LogP contribution in [0.15, 0.2) is 116 Å². The first kappa shape index (κ1) is 106. The Bertz CT molecular complexity index is 5790. The number of carbonyl (C=O) groups is 17. The van der Waals surface area contributed by atoms with E-state index in [4.69, 9.17) is 11.5 Å². The molecule has 1 saturated carbocycles. The zero-order chi connectivity index (χ0) is 101. The summed E-state index contributed by atoms with van der Waals surface area (Å²) in [4.78, 5) is 264. The Morgan fingerprint density at radius 3 is 1.44 bits per heavy atom. The van der Waals surface area contributed by atoms with E-state index in [9.17, 15) is 53.4 Å². The summed E-state index contributed by atoms with van der Waals surface area (Å²) < 4.78 is 0. The van der Waals surface area contributed by atoms with Gasteiger partial charge in [-0.05, 0) is 144 Å². The van der Waals surface area contributed by atoms with Crippen molar-refractivity contribution in [2.24, 2.45) is 35.1 Å². The predicted molar refractivity (Wildman–Crippen MR) is 531 cm³/mol. The normalized spacial score (nSPS) is 24.1. The zero-order valence-electron chi connectivity index (χ0n) is 79.6. The number of aromatic amines is 2. The zero-order valence-corrected chi connectivity index (χ0v) is 82.1. The number of rotatable bonds is 15. The fourth-order valence-electron chi connectivity index (χ4n) is 18.0. The molecule has 13 atom stereocenters. The number of aliphatic hydroxyl groups is 1. The van der Waals surface area contributed by atoms with E-state index in [-0.39, 0.29) is 107 Å². The molecule has 0 unspecified atom stereocenters. The lowest BCUT2D eigenvalue weighted by atomic mass is 9.85. The van der Waals surface area contributed by atoms with Gasteiger partial charge in [0.2, 0.25) is 82.7 Å². The van der Waals surface area contributed by atoms with Crippen molar-refractivity contribution in [2.45, 2.75) is 205 Å². The number of amides is 14. The maximum atomic E-state index is 15.9. The van der Waals surface area contributed by atoms with E-state index in [2.05, 4.69) is 73.8 Å². The molecule has 1 aliphatic carbocycles. The van der Waals surface area contributed by atoms with Gasteiger partial charge in [-0.25, -0.2) is 0 Å². The number of fused-ring (bicyclic) bond motifs is 14. The number of hydrogen-bond acceptors (Lipinski definition) is 25. The van der Waals surface area contributed by atoms with Crippen LogP contribution in [0.3, 0.4) is 0 Å². The first-order valence-corrected chi connectivity index (χ1v) is 50.4. The van der Waals surface area contributed by atoms with Crippen molar-refractivity contribution >= 4 is 174 Å². The van der Waals surface area contributed by atoms with Gasteiger partial charge in [0.1, 0.15) is 60.2 Å². The number of carboxylic acid groups (broad SMARTS) is 1. The molecular formula is C98H126N20O19S3. The lowest BCUT2D eigenvalue weighted by molar-refractivity contribution is -0.143. The van der Waals surface area contributed by atoms with E-state index in [0.29, 0.717) is 89.8 Å². The minimum absolute atomic E-state index is 0.0356. The molecule has 42 heteroatoms. The van der Waals surface area contributed by atoms with Gasteiger partial charge in [-0.2, -0.15) is 11.8 Å². The van der Waals surface area contributed by atoms with Crippen LogP contribution in [0.4, 0.5) is 17.1 Å². The van der Waals surface area contributed by atoms with Gasteiger partial charge < -0.3 is 115 Å². The Balaban J connectivity index is 0.971. The Morgan fingerprint density at radius 1 is 0.486 bits per heavy atom. The van der Waals surface area contributed by atoms with Crippen molar-refractivity contribution < 1.29 is 91.7 Å². The van der Waals surface area contributed by atoms with Gasteiger partial charge in [0, 0.05) is 167 Å². The number of aliphatic carboxylic acids is 1. The second-order valence-corrected chi connectivity index (χ2v) is 40.1. The summed E-state index contributed by atoms with van der Waals surface area (Å²) in [5, 5.41) is 57.2. The third-order valence-electron chi connectivity index (χ3n) is 25.6.